The number of hydrogen-bond donors (Lipinski definition) is 0. The molecule has 0 radical (unpaired) electrons. The van der Waals surface area contributed by atoms with Gasteiger partial charge in [-0.1, -0.05) is 26.7 Å². The van der Waals surface area contributed by atoms with Crippen molar-refractivity contribution in [3.63, 3.8) is 0 Å². The number of rotatable bonds is 5. The molecule has 0 saturated carbocycles. The van der Waals surface area contributed by atoms with Crippen LogP contribution in [0.4, 0.5) is 0 Å². The van der Waals surface area contributed by atoms with E-state index in [-0.39, 0.29) is 0 Å². The van der Waals surface area contributed by atoms with Crippen LogP contribution in [0.25, 0.3) is 0 Å². The highest BCUT2D eigenvalue weighted by molar-refractivity contribution is 14.1. The summed E-state index contributed by atoms with van der Waals surface area (Å²) in [5, 5.41) is 4.35. The zero-order chi connectivity index (χ0) is 10.6. The standard InChI is InChI=1S/C10H17IN2O/c1-4-8(5-2)6-13-7-9(11)10(12-13)14-3/h7-8H,4-6H2,1-3H3. The van der Waals surface area contributed by atoms with E-state index in [1.165, 1.54) is 12.8 Å². The molecule has 0 fully saturated rings. The van der Waals surface area contributed by atoms with Gasteiger partial charge in [-0.05, 0) is 28.5 Å². The molecule has 0 bridgehead atoms. The second-order valence-electron chi connectivity index (χ2n) is 3.39. The van der Waals surface area contributed by atoms with E-state index < -0.39 is 0 Å². The lowest BCUT2D eigenvalue weighted by atomic mass is 10.0. The largest absolute Gasteiger partial charge is 0.479 e. The molecule has 1 rings (SSSR count). The molecule has 1 aromatic rings. The zero-order valence-corrected chi connectivity index (χ0v) is 11.1. The molecule has 80 valence electrons. The molecule has 0 saturated heterocycles. The van der Waals surface area contributed by atoms with Gasteiger partial charge < -0.3 is 4.74 Å². The van der Waals surface area contributed by atoms with Crippen LogP contribution in [0.2, 0.25) is 0 Å². The third-order valence-corrected chi connectivity index (χ3v) is 3.22. The molecule has 1 aromatic heterocycles. The van der Waals surface area contributed by atoms with E-state index in [2.05, 4.69) is 41.5 Å². The number of ether oxygens (including phenoxy) is 1. The molecule has 0 atom stereocenters. The minimum Gasteiger partial charge on any atom is -0.479 e. The predicted octanol–water partition coefficient (Wildman–Crippen LogP) is 2.93. The number of aromatic nitrogens is 2. The Morgan fingerprint density at radius 1 is 1.50 bits per heavy atom. The highest BCUT2D eigenvalue weighted by atomic mass is 127. The first-order chi connectivity index (χ1) is 6.71. The van der Waals surface area contributed by atoms with Crippen LogP contribution in [-0.4, -0.2) is 16.9 Å². The van der Waals surface area contributed by atoms with Gasteiger partial charge in [0.2, 0.25) is 5.88 Å². The van der Waals surface area contributed by atoms with E-state index in [0.717, 1.165) is 21.9 Å². The molecular weight excluding hydrogens is 291 g/mol. The van der Waals surface area contributed by atoms with Crippen molar-refractivity contribution in [3.8, 4) is 5.88 Å². The Bertz CT molecular complexity index is 282. The summed E-state index contributed by atoms with van der Waals surface area (Å²) in [4.78, 5) is 0. The lowest BCUT2D eigenvalue weighted by Crippen LogP contribution is -2.09. The summed E-state index contributed by atoms with van der Waals surface area (Å²) in [7, 11) is 1.66. The van der Waals surface area contributed by atoms with Crippen LogP contribution < -0.4 is 4.74 Å². The summed E-state index contributed by atoms with van der Waals surface area (Å²) in [5.74, 6) is 1.45. The molecule has 0 amide bonds. The molecule has 0 N–H and O–H groups in total. The first-order valence-corrected chi connectivity index (χ1v) is 6.06. The molecule has 3 nitrogen and oxygen atoms in total. The van der Waals surface area contributed by atoms with Crippen molar-refractivity contribution in [2.45, 2.75) is 33.2 Å². The molecule has 14 heavy (non-hydrogen) atoms. The molecule has 0 aliphatic carbocycles. The summed E-state index contributed by atoms with van der Waals surface area (Å²) in [6, 6.07) is 0. The average Bonchev–Trinajstić information content (AvgIpc) is 2.55. The van der Waals surface area contributed by atoms with E-state index in [1.54, 1.807) is 7.11 Å². The van der Waals surface area contributed by atoms with Crippen molar-refractivity contribution >= 4 is 22.6 Å². The minimum absolute atomic E-state index is 0.718. The van der Waals surface area contributed by atoms with Crippen molar-refractivity contribution in [1.82, 2.24) is 9.78 Å². The number of hydrogen-bond acceptors (Lipinski definition) is 2. The van der Waals surface area contributed by atoms with E-state index in [1.807, 2.05) is 10.9 Å². The smallest absolute Gasteiger partial charge is 0.246 e. The summed E-state index contributed by atoms with van der Waals surface area (Å²) < 4.78 is 8.20. The average molecular weight is 308 g/mol. The van der Waals surface area contributed by atoms with Gasteiger partial charge in [-0.25, -0.2) is 0 Å². The van der Waals surface area contributed by atoms with Crippen molar-refractivity contribution in [3.05, 3.63) is 9.77 Å². The van der Waals surface area contributed by atoms with Gasteiger partial charge in [-0.3, -0.25) is 4.68 Å². The van der Waals surface area contributed by atoms with Gasteiger partial charge in [0.25, 0.3) is 0 Å². The first-order valence-electron chi connectivity index (χ1n) is 4.98. The van der Waals surface area contributed by atoms with Crippen LogP contribution in [0.1, 0.15) is 26.7 Å². The van der Waals surface area contributed by atoms with Crippen molar-refractivity contribution in [1.29, 1.82) is 0 Å². The van der Waals surface area contributed by atoms with Crippen LogP contribution in [0, 0.1) is 9.49 Å². The van der Waals surface area contributed by atoms with Crippen molar-refractivity contribution in [2.24, 2.45) is 5.92 Å². The molecule has 4 heteroatoms. The van der Waals surface area contributed by atoms with Gasteiger partial charge in [0, 0.05) is 12.7 Å². The fourth-order valence-electron chi connectivity index (χ4n) is 1.42. The van der Waals surface area contributed by atoms with Crippen LogP contribution in [0.15, 0.2) is 6.20 Å². The molecule has 0 spiro atoms. The Morgan fingerprint density at radius 2 is 2.14 bits per heavy atom. The Hall–Kier alpha value is -0.260. The summed E-state index contributed by atoms with van der Waals surface area (Å²) in [6.07, 6.45) is 4.45. The Morgan fingerprint density at radius 3 is 2.57 bits per heavy atom. The second kappa shape index (κ2) is 5.58. The van der Waals surface area contributed by atoms with Gasteiger partial charge in [0.15, 0.2) is 0 Å². The van der Waals surface area contributed by atoms with Gasteiger partial charge in [-0.15, -0.1) is 5.10 Å². The minimum atomic E-state index is 0.718. The Balaban J connectivity index is 2.67. The molecule has 0 aliphatic rings. The monoisotopic (exact) mass is 308 g/mol. The summed E-state index contributed by atoms with van der Waals surface area (Å²) in [6.45, 7) is 5.44. The van der Waals surface area contributed by atoms with Crippen molar-refractivity contribution in [2.75, 3.05) is 7.11 Å². The number of methoxy groups -OCH3 is 1. The van der Waals surface area contributed by atoms with E-state index in [4.69, 9.17) is 4.74 Å². The van der Waals surface area contributed by atoms with Crippen LogP contribution >= 0.6 is 22.6 Å². The third-order valence-electron chi connectivity index (χ3n) is 2.48. The third kappa shape index (κ3) is 2.87. The topological polar surface area (TPSA) is 27.1 Å². The highest BCUT2D eigenvalue weighted by Gasteiger charge is 2.09. The van der Waals surface area contributed by atoms with Gasteiger partial charge in [0.1, 0.15) is 0 Å². The fraction of sp³-hybridized carbons (Fsp3) is 0.700. The van der Waals surface area contributed by atoms with Crippen molar-refractivity contribution < 1.29 is 4.74 Å². The maximum Gasteiger partial charge on any atom is 0.246 e. The maximum absolute atomic E-state index is 5.14. The molecular formula is C10H17IN2O. The van der Waals surface area contributed by atoms with Gasteiger partial charge in [-0.2, -0.15) is 0 Å². The SMILES string of the molecule is CCC(CC)Cn1cc(I)c(OC)n1. The fourth-order valence-corrected chi connectivity index (χ4v) is 2.07. The number of nitrogens with zero attached hydrogens (tertiary/aromatic N) is 2. The Labute approximate surface area is 99.0 Å². The van der Waals surface area contributed by atoms with Crippen LogP contribution in [0.3, 0.4) is 0 Å². The zero-order valence-electron chi connectivity index (χ0n) is 8.96. The van der Waals surface area contributed by atoms with E-state index in [9.17, 15) is 0 Å². The lowest BCUT2D eigenvalue weighted by Gasteiger charge is -2.11. The molecule has 0 unspecified atom stereocenters. The Kier molecular flexibility index (Phi) is 4.71. The number of halogens is 1. The van der Waals surface area contributed by atoms with E-state index in [0.29, 0.717) is 0 Å². The quantitative estimate of drug-likeness (QED) is 0.782. The van der Waals surface area contributed by atoms with Gasteiger partial charge >= 0.3 is 0 Å². The molecule has 0 aromatic carbocycles. The molecule has 1 heterocycles. The lowest BCUT2D eigenvalue weighted by molar-refractivity contribution is 0.362. The normalized spacial score (nSPS) is 10.9. The summed E-state index contributed by atoms with van der Waals surface area (Å²) >= 11 is 2.24. The van der Waals surface area contributed by atoms with E-state index >= 15 is 0 Å². The van der Waals surface area contributed by atoms with Crippen LogP contribution in [-0.2, 0) is 6.54 Å². The van der Waals surface area contributed by atoms with Crippen LogP contribution in [0.5, 0.6) is 5.88 Å². The molecule has 0 aliphatic heterocycles. The van der Waals surface area contributed by atoms with Gasteiger partial charge in [0.05, 0.1) is 10.7 Å². The highest BCUT2D eigenvalue weighted by Crippen LogP contribution is 2.19. The predicted molar refractivity (Wildman–Crippen MR) is 65.6 cm³/mol. The summed E-state index contributed by atoms with van der Waals surface area (Å²) in [5.41, 5.74) is 0. The second-order valence-corrected chi connectivity index (χ2v) is 4.55. The first kappa shape index (κ1) is 11.8. The maximum atomic E-state index is 5.14.